The van der Waals surface area contributed by atoms with Crippen LogP contribution in [0.25, 0.3) is 0 Å². The molecule has 6 nitrogen and oxygen atoms in total. The Morgan fingerprint density at radius 3 is 2.52 bits per heavy atom. The van der Waals surface area contributed by atoms with Crippen molar-refractivity contribution in [2.75, 3.05) is 36.4 Å². The van der Waals surface area contributed by atoms with Gasteiger partial charge in [0, 0.05) is 49.9 Å². The molecule has 148 valence electrons. The summed E-state index contributed by atoms with van der Waals surface area (Å²) < 4.78 is 0. The van der Waals surface area contributed by atoms with Gasteiger partial charge in [-0.1, -0.05) is 31.2 Å². The fourth-order valence-electron chi connectivity index (χ4n) is 3.57. The normalized spacial score (nSPS) is 14.0. The van der Waals surface area contributed by atoms with Crippen LogP contribution >= 0.6 is 0 Å². The van der Waals surface area contributed by atoms with Crippen molar-refractivity contribution in [1.29, 1.82) is 0 Å². The third-order valence-corrected chi connectivity index (χ3v) is 5.20. The molecule has 3 heterocycles. The maximum absolute atomic E-state index is 13.0. The Bertz CT molecular complexity index is 968. The van der Waals surface area contributed by atoms with Crippen LogP contribution in [0.5, 0.6) is 0 Å². The van der Waals surface area contributed by atoms with Gasteiger partial charge in [-0.15, -0.1) is 0 Å². The first-order chi connectivity index (χ1) is 14.2. The van der Waals surface area contributed by atoms with Crippen molar-refractivity contribution in [3.63, 3.8) is 0 Å². The van der Waals surface area contributed by atoms with Crippen molar-refractivity contribution < 1.29 is 4.79 Å². The molecule has 6 heteroatoms. The quantitative estimate of drug-likeness (QED) is 0.723. The summed E-state index contributed by atoms with van der Waals surface area (Å²) in [4.78, 5) is 25.8. The third kappa shape index (κ3) is 4.37. The first kappa shape index (κ1) is 18.9. The summed E-state index contributed by atoms with van der Waals surface area (Å²) in [6.07, 6.45) is 4.43. The monoisotopic (exact) mass is 387 g/mol. The van der Waals surface area contributed by atoms with E-state index in [1.807, 2.05) is 47.4 Å². The highest BCUT2D eigenvalue weighted by molar-refractivity contribution is 5.93. The predicted octanol–water partition coefficient (Wildman–Crippen LogP) is 3.75. The standard InChI is InChI=1S/C23H25N5O/c1-2-18-7-3-4-8-20(18)26-19-10-12-24-21(17-19)23(29)28-15-13-27(14-16-28)22-9-5-6-11-25-22/h3-12,17H,2,13-16H2,1H3,(H,24,26). The number of nitrogens with one attached hydrogen (secondary N) is 1. The molecule has 1 saturated heterocycles. The Morgan fingerprint density at radius 2 is 1.76 bits per heavy atom. The minimum absolute atomic E-state index is 0.0295. The lowest BCUT2D eigenvalue weighted by Crippen LogP contribution is -2.49. The number of pyridine rings is 2. The summed E-state index contributed by atoms with van der Waals surface area (Å²) in [6.45, 7) is 4.99. The van der Waals surface area contributed by atoms with Gasteiger partial charge in [-0.3, -0.25) is 9.78 Å². The van der Waals surface area contributed by atoms with Gasteiger partial charge in [0.15, 0.2) is 0 Å². The molecule has 1 N–H and O–H groups in total. The van der Waals surface area contributed by atoms with E-state index in [0.717, 1.165) is 36.7 Å². The molecule has 0 atom stereocenters. The fraction of sp³-hybridized carbons (Fsp3) is 0.261. The summed E-state index contributed by atoms with van der Waals surface area (Å²) in [5, 5.41) is 3.42. The molecule has 1 aromatic carbocycles. The summed E-state index contributed by atoms with van der Waals surface area (Å²) >= 11 is 0. The highest BCUT2D eigenvalue weighted by Gasteiger charge is 2.23. The van der Waals surface area contributed by atoms with Crippen LogP contribution in [0.2, 0.25) is 0 Å². The number of anilines is 3. The Labute approximate surface area is 171 Å². The minimum atomic E-state index is -0.0295. The van der Waals surface area contributed by atoms with Crippen LogP contribution in [0.1, 0.15) is 23.0 Å². The van der Waals surface area contributed by atoms with Gasteiger partial charge >= 0.3 is 0 Å². The number of hydrogen-bond acceptors (Lipinski definition) is 5. The van der Waals surface area contributed by atoms with Crippen LogP contribution in [-0.4, -0.2) is 47.0 Å². The first-order valence-electron chi connectivity index (χ1n) is 10.0. The van der Waals surface area contributed by atoms with Gasteiger partial charge in [0.25, 0.3) is 5.91 Å². The van der Waals surface area contributed by atoms with E-state index in [1.165, 1.54) is 5.56 Å². The lowest BCUT2D eigenvalue weighted by Gasteiger charge is -2.35. The zero-order valence-electron chi connectivity index (χ0n) is 16.6. The summed E-state index contributed by atoms with van der Waals surface area (Å²) in [6, 6.07) is 17.8. The number of para-hydroxylation sites is 1. The van der Waals surface area contributed by atoms with Crippen LogP contribution in [-0.2, 0) is 6.42 Å². The first-order valence-corrected chi connectivity index (χ1v) is 10.0. The Hall–Kier alpha value is -3.41. The molecule has 0 radical (unpaired) electrons. The van der Waals surface area contributed by atoms with Crippen molar-refractivity contribution in [1.82, 2.24) is 14.9 Å². The van der Waals surface area contributed by atoms with E-state index < -0.39 is 0 Å². The lowest BCUT2D eigenvalue weighted by molar-refractivity contribution is 0.0740. The van der Waals surface area contributed by atoms with E-state index in [0.29, 0.717) is 18.8 Å². The van der Waals surface area contributed by atoms with E-state index in [4.69, 9.17) is 0 Å². The second kappa shape index (κ2) is 8.73. The number of carbonyl (C=O) groups is 1. The second-order valence-electron chi connectivity index (χ2n) is 7.03. The average Bonchev–Trinajstić information content (AvgIpc) is 2.80. The van der Waals surface area contributed by atoms with E-state index >= 15 is 0 Å². The van der Waals surface area contributed by atoms with Crippen LogP contribution in [0.15, 0.2) is 67.0 Å². The molecule has 2 aromatic heterocycles. The number of carbonyl (C=O) groups excluding carboxylic acids is 1. The molecular formula is C23H25N5O. The number of aromatic nitrogens is 2. The van der Waals surface area contributed by atoms with E-state index in [9.17, 15) is 4.79 Å². The molecule has 4 rings (SSSR count). The molecule has 1 aliphatic rings. The predicted molar refractivity (Wildman–Crippen MR) is 116 cm³/mol. The zero-order valence-corrected chi connectivity index (χ0v) is 16.6. The Balaban J connectivity index is 1.43. The molecule has 3 aromatic rings. The average molecular weight is 387 g/mol. The van der Waals surface area contributed by atoms with Gasteiger partial charge in [-0.25, -0.2) is 4.98 Å². The maximum Gasteiger partial charge on any atom is 0.272 e. The van der Waals surface area contributed by atoms with Gasteiger partial charge in [0.05, 0.1) is 0 Å². The number of piperazine rings is 1. The molecule has 1 amide bonds. The van der Waals surface area contributed by atoms with Gasteiger partial charge in [-0.2, -0.15) is 0 Å². The fourth-order valence-corrected chi connectivity index (χ4v) is 3.57. The molecule has 29 heavy (non-hydrogen) atoms. The molecule has 0 bridgehead atoms. The highest BCUT2D eigenvalue weighted by atomic mass is 16.2. The topological polar surface area (TPSA) is 61.4 Å². The lowest BCUT2D eigenvalue weighted by atomic mass is 10.1. The summed E-state index contributed by atoms with van der Waals surface area (Å²) in [5.74, 6) is 0.927. The van der Waals surface area contributed by atoms with Crippen LogP contribution < -0.4 is 10.2 Å². The number of hydrogen-bond donors (Lipinski definition) is 1. The number of nitrogens with zero attached hydrogens (tertiary/aromatic N) is 4. The minimum Gasteiger partial charge on any atom is -0.355 e. The maximum atomic E-state index is 13.0. The Kier molecular flexibility index (Phi) is 5.70. The van der Waals surface area contributed by atoms with E-state index in [1.54, 1.807) is 12.4 Å². The molecular weight excluding hydrogens is 362 g/mol. The van der Waals surface area contributed by atoms with Gasteiger partial charge in [0.2, 0.25) is 0 Å². The third-order valence-electron chi connectivity index (χ3n) is 5.20. The van der Waals surface area contributed by atoms with E-state index in [-0.39, 0.29) is 5.91 Å². The van der Waals surface area contributed by atoms with Crippen molar-refractivity contribution in [2.24, 2.45) is 0 Å². The highest BCUT2D eigenvalue weighted by Crippen LogP contribution is 2.22. The van der Waals surface area contributed by atoms with Gasteiger partial charge in [0.1, 0.15) is 11.5 Å². The number of benzene rings is 1. The van der Waals surface area contributed by atoms with Crippen LogP contribution in [0.3, 0.4) is 0 Å². The number of amides is 1. The van der Waals surface area contributed by atoms with Gasteiger partial charge < -0.3 is 15.1 Å². The molecule has 1 fully saturated rings. The summed E-state index contributed by atoms with van der Waals surface area (Å²) in [5.41, 5.74) is 3.64. The molecule has 1 aliphatic heterocycles. The number of rotatable bonds is 5. The number of aryl methyl sites for hydroxylation is 1. The Morgan fingerprint density at radius 1 is 0.966 bits per heavy atom. The second-order valence-corrected chi connectivity index (χ2v) is 7.03. The summed E-state index contributed by atoms with van der Waals surface area (Å²) in [7, 11) is 0. The van der Waals surface area contributed by atoms with Gasteiger partial charge in [-0.05, 0) is 42.3 Å². The van der Waals surface area contributed by atoms with Crippen molar-refractivity contribution in [2.45, 2.75) is 13.3 Å². The largest absolute Gasteiger partial charge is 0.355 e. The molecule has 0 aliphatic carbocycles. The molecule has 0 spiro atoms. The molecule has 0 saturated carbocycles. The van der Waals surface area contributed by atoms with Crippen molar-refractivity contribution in [3.8, 4) is 0 Å². The van der Waals surface area contributed by atoms with Crippen molar-refractivity contribution in [3.05, 3.63) is 78.2 Å². The van der Waals surface area contributed by atoms with Crippen LogP contribution in [0, 0.1) is 0 Å². The zero-order chi connectivity index (χ0) is 20.1. The van der Waals surface area contributed by atoms with E-state index in [2.05, 4.69) is 39.2 Å². The van der Waals surface area contributed by atoms with Crippen molar-refractivity contribution >= 4 is 23.1 Å². The SMILES string of the molecule is CCc1ccccc1Nc1ccnc(C(=O)N2CCN(c3ccccn3)CC2)c1. The molecule has 0 unspecified atom stereocenters. The smallest absolute Gasteiger partial charge is 0.272 e. The van der Waals surface area contributed by atoms with Crippen LogP contribution in [0.4, 0.5) is 17.2 Å².